The number of carboxylic acid groups (broad SMARTS) is 2. The summed E-state index contributed by atoms with van der Waals surface area (Å²) in [5.41, 5.74) is 10.1. The van der Waals surface area contributed by atoms with E-state index in [0.29, 0.717) is 0 Å². The van der Waals surface area contributed by atoms with Gasteiger partial charge in [0.2, 0.25) is 5.78 Å². The van der Waals surface area contributed by atoms with Crippen molar-refractivity contribution in [2.75, 3.05) is 0 Å². The molecule has 13 nitrogen and oxygen atoms in total. The molecule has 0 spiro atoms. The lowest BCUT2D eigenvalue weighted by atomic mass is 10.2. The van der Waals surface area contributed by atoms with Gasteiger partial charge in [0.15, 0.2) is 0 Å². The Morgan fingerprint density at radius 3 is 1.54 bits per heavy atom. The molecule has 6 N–H and O–H groups in total. The molecule has 0 bridgehead atoms. The molecule has 144 valence electrons. The fourth-order valence-corrected chi connectivity index (χ4v) is 1.27. The van der Waals surface area contributed by atoms with E-state index in [1.807, 2.05) is 0 Å². The van der Waals surface area contributed by atoms with Crippen molar-refractivity contribution < 1.29 is 53.2 Å². The van der Waals surface area contributed by atoms with Crippen molar-refractivity contribution in [1.82, 2.24) is 0 Å². The van der Waals surface area contributed by atoms with Crippen molar-refractivity contribution >= 4 is 41.6 Å². The highest BCUT2D eigenvalue weighted by Crippen LogP contribution is 2.01. The molecule has 26 heavy (non-hydrogen) atoms. The van der Waals surface area contributed by atoms with Crippen LogP contribution in [0.4, 0.5) is 0 Å². The molecule has 0 aromatic rings. The van der Waals surface area contributed by atoms with Crippen LogP contribution in [0.2, 0.25) is 0 Å². The second-order valence-electron chi connectivity index (χ2n) is 4.83. The average molecular weight is 376 g/mol. The van der Waals surface area contributed by atoms with Crippen molar-refractivity contribution in [2.45, 2.75) is 37.8 Å². The number of carboxylic acids is 2. The standard InChI is InChI=1S/C13H16N2O11/c14-5(11(20)21)3-9(18)25-8(17)2-1-7(16)13(24)26-10(19)4-6(15)12(22)23/h5-6H,1-4,14-15H2,(H,20,21)(H,22,23)/t5-,6-/m0/s1. The summed E-state index contributed by atoms with van der Waals surface area (Å²) in [7, 11) is 0. The van der Waals surface area contributed by atoms with Crippen LogP contribution in [0.15, 0.2) is 0 Å². The molecule has 0 aliphatic heterocycles. The SMILES string of the molecule is N[C@@H](CC(=O)OC(=O)CCC(=O)C(=O)OC(=O)C[C@H](N)C(=O)O)C(=O)O. The van der Waals surface area contributed by atoms with E-state index in [2.05, 4.69) is 9.47 Å². The van der Waals surface area contributed by atoms with Crippen molar-refractivity contribution in [2.24, 2.45) is 11.5 Å². The second kappa shape index (κ2) is 10.6. The monoisotopic (exact) mass is 376 g/mol. The minimum absolute atomic E-state index is 0.731. The Kier molecular flexibility index (Phi) is 9.32. The summed E-state index contributed by atoms with van der Waals surface area (Å²) in [4.78, 5) is 77.2. The summed E-state index contributed by atoms with van der Waals surface area (Å²) in [6.07, 6.45) is -3.14. The number of ether oxygens (including phenoxy) is 2. The molecule has 0 aromatic carbocycles. The summed E-state index contributed by atoms with van der Waals surface area (Å²) in [5.74, 6) is -9.77. The molecule has 0 aliphatic rings. The first-order valence-corrected chi connectivity index (χ1v) is 6.92. The normalized spacial score (nSPS) is 12.4. The van der Waals surface area contributed by atoms with Gasteiger partial charge in [-0.25, -0.2) is 4.79 Å². The number of hydrogen-bond acceptors (Lipinski definition) is 11. The molecule has 2 atom stereocenters. The second-order valence-corrected chi connectivity index (χ2v) is 4.83. The van der Waals surface area contributed by atoms with Gasteiger partial charge in [-0.3, -0.25) is 28.8 Å². The van der Waals surface area contributed by atoms with E-state index in [1.165, 1.54) is 0 Å². The highest BCUT2D eigenvalue weighted by atomic mass is 16.6. The highest BCUT2D eigenvalue weighted by molar-refractivity contribution is 6.35. The Labute approximate surface area is 145 Å². The summed E-state index contributed by atoms with van der Waals surface area (Å²) < 4.78 is 8.24. The van der Waals surface area contributed by atoms with Crippen LogP contribution in [0.1, 0.15) is 25.7 Å². The quantitative estimate of drug-likeness (QED) is 0.170. The average Bonchev–Trinajstić information content (AvgIpc) is 2.51. The largest absolute Gasteiger partial charge is 0.480 e. The van der Waals surface area contributed by atoms with Crippen LogP contribution in [-0.2, 0) is 43.0 Å². The maximum absolute atomic E-state index is 11.4. The first-order chi connectivity index (χ1) is 11.9. The number of esters is 4. The minimum atomic E-state index is -1.64. The van der Waals surface area contributed by atoms with Gasteiger partial charge in [0, 0.05) is 6.42 Å². The van der Waals surface area contributed by atoms with Gasteiger partial charge < -0.3 is 31.2 Å². The molecule has 0 saturated heterocycles. The van der Waals surface area contributed by atoms with E-state index in [4.69, 9.17) is 21.7 Å². The van der Waals surface area contributed by atoms with E-state index in [-0.39, 0.29) is 0 Å². The first-order valence-electron chi connectivity index (χ1n) is 6.92. The summed E-state index contributed by atoms with van der Waals surface area (Å²) >= 11 is 0. The molecule has 0 amide bonds. The van der Waals surface area contributed by atoms with E-state index in [1.54, 1.807) is 0 Å². The molecule has 0 unspecified atom stereocenters. The van der Waals surface area contributed by atoms with Crippen molar-refractivity contribution in [3.05, 3.63) is 0 Å². The lowest BCUT2D eigenvalue weighted by Gasteiger charge is -2.06. The molecule has 0 aromatic heterocycles. The Morgan fingerprint density at radius 2 is 1.12 bits per heavy atom. The predicted octanol–water partition coefficient (Wildman–Crippen LogP) is -2.92. The molecule has 0 saturated carbocycles. The number of carbonyl (C=O) groups excluding carboxylic acids is 5. The lowest BCUT2D eigenvalue weighted by Crippen LogP contribution is -2.34. The van der Waals surface area contributed by atoms with Gasteiger partial charge in [0.25, 0.3) is 0 Å². The lowest BCUT2D eigenvalue weighted by molar-refractivity contribution is -0.165. The Hall–Kier alpha value is -3.19. The van der Waals surface area contributed by atoms with Crippen molar-refractivity contribution in [3.63, 3.8) is 0 Å². The third kappa shape index (κ3) is 9.19. The molecular formula is C13H16N2O11. The van der Waals surface area contributed by atoms with E-state index < -0.39 is 79.4 Å². The third-order valence-corrected chi connectivity index (χ3v) is 2.63. The Bertz CT molecular complexity index is 628. The molecule has 0 rings (SSSR count). The van der Waals surface area contributed by atoms with Gasteiger partial charge in [-0.05, 0) is 0 Å². The number of aliphatic carboxylic acids is 2. The Morgan fingerprint density at radius 1 is 0.692 bits per heavy atom. The van der Waals surface area contributed by atoms with Crippen LogP contribution in [0.3, 0.4) is 0 Å². The zero-order valence-corrected chi connectivity index (χ0v) is 13.2. The van der Waals surface area contributed by atoms with Crippen LogP contribution in [0.5, 0.6) is 0 Å². The smallest absolute Gasteiger partial charge is 0.382 e. The zero-order valence-electron chi connectivity index (χ0n) is 13.2. The van der Waals surface area contributed by atoms with Crippen LogP contribution in [0, 0.1) is 0 Å². The van der Waals surface area contributed by atoms with Crippen LogP contribution >= 0.6 is 0 Å². The number of carbonyl (C=O) groups is 7. The molecule has 0 fully saturated rings. The van der Waals surface area contributed by atoms with Gasteiger partial charge >= 0.3 is 35.8 Å². The number of hydrogen-bond donors (Lipinski definition) is 4. The molecule has 0 aliphatic carbocycles. The summed E-state index contributed by atoms with van der Waals surface area (Å²) in [6.45, 7) is 0. The third-order valence-electron chi connectivity index (χ3n) is 2.63. The van der Waals surface area contributed by atoms with E-state index in [0.717, 1.165) is 0 Å². The fraction of sp³-hybridized carbons (Fsp3) is 0.462. The van der Waals surface area contributed by atoms with Crippen molar-refractivity contribution in [3.8, 4) is 0 Å². The number of nitrogens with two attached hydrogens (primary N) is 2. The van der Waals surface area contributed by atoms with Gasteiger partial charge in [-0.1, -0.05) is 0 Å². The number of rotatable bonds is 10. The van der Waals surface area contributed by atoms with Crippen LogP contribution in [0.25, 0.3) is 0 Å². The summed E-state index contributed by atoms with van der Waals surface area (Å²) in [5, 5.41) is 16.9. The number of Topliss-reactive ketones (excluding diaryl/α,β-unsaturated/α-hetero) is 1. The zero-order chi connectivity index (χ0) is 20.4. The maximum atomic E-state index is 11.4. The van der Waals surface area contributed by atoms with Gasteiger partial charge in [-0.2, -0.15) is 0 Å². The fourth-order valence-electron chi connectivity index (χ4n) is 1.27. The van der Waals surface area contributed by atoms with Crippen LogP contribution < -0.4 is 11.5 Å². The van der Waals surface area contributed by atoms with E-state index in [9.17, 15) is 33.6 Å². The highest BCUT2D eigenvalue weighted by Gasteiger charge is 2.25. The summed E-state index contributed by atoms with van der Waals surface area (Å²) in [6, 6.07) is -3.20. The van der Waals surface area contributed by atoms with Gasteiger partial charge in [0.05, 0.1) is 19.3 Å². The van der Waals surface area contributed by atoms with E-state index >= 15 is 0 Å². The van der Waals surface area contributed by atoms with Crippen LogP contribution in [-0.4, -0.2) is 63.9 Å². The maximum Gasteiger partial charge on any atom is 0.382 e. The predicted molar refractivity (Wildman–Crippen MR) is 76.9 cm³/mol. The van der Waals surface area contributed by atoms with Gasteiger partial charge in [-0.15, -0.1) is 0 Å². The molecular weight excluding hydrogens is 360 g/mol. The number of ketones is 1. The van der Waals surface area contributed by atoms with Crippen molar-refractivity contribution in [1.29, 1.82) is 0 Å². The Balaban J connectivity index is 4.27. The molecule has 0 heterocycles. The first kappa shape index (κ1) is 22.8. The molecule has 13 heteroatoms. The van der Waals surface area contributed by atoms with Gasteiger partial charge in [0.1, 0.15) is 12.1 Å². The minimum Gasteiger partial charge on any atom is -0.480 e. The molecule has 0 radical (unpaired) electrons. The topological polar surface area (TPSA) is 230 Å².